The van der Waals surface area contributed by atoms with Crippen LogP contribution in [0.1, 0.15) is 52.8 Å². The minimum absolute atomic E-state index is 0.00746. The lowest BCUT2D eigenvalue weighted by Crippen LogP contribution is -2.91. The van der Waals surface area contributed by atoms with Crippen molar-refractivity contribution in [2.75, 3.05) is 18.5 Å². The topological polar surface area (TPSA) is 94.2 Å². The van der Waals surface area contributed by atoms with E-state index < -0.39 is 52.1 Å². The molecule has 49 heavy (non-hydrogen) atoms. The number of pyridine rings is 1. The average molecular weight is 683 g/mol. The zero-order chi connectivity index (χ0) is 35.0. The van der Waals surface area contributed by atoms with Gasteiger partial charge in [-0.15, -0.1) is 0 Å². The number of nitrogens with zero attached hydrogens (tertiary/aromatic N) is 3. The predicted molar refractivity (Wildman–Crippen MR) is 168 cm³/mol. The number of amides is 1. The van der Waals surface area contributed by atoms with Crippen molar-refractivity contribution >= 4 is 33.9 Å². The molecule has 1 aliphatic carbocycles. The Morgan fingerprint density at radius 1 is 1.14 bits per heavy atom. The Labute approximate surface area is 275 Å². The number of nitrogens with two attached hydrogens (primary N) is 1. The minimum Gasteiger partial charge on any atom is -0.490 e. The number of hydrogen-bond donors (Lipinski definition) is 2. The van der Waals surface area contributed by atoms with Crippen molar-refractivity contribution in [1.82, 2.24) is 14.0 Å². The van der Waals surface area contributed by atoms with Crippen LogP contribution in [0.5, 0.6) is 5.75 Å². The molecule has 0 radical (unpaired) electrons. The summed E-state index contributed by atoms with van der Waals surface area (Å²) in [6.07, 6.45) is -0.155. The second-order valence-corrected chi connectivity index (χ2v) is 12.7. The number of rotatable bonds is 7. The number of hydrogen-bond acceptors (Lipinski definition) is 4. The second kappa shape index (κ2) is 11.5. The van der Waals surface area contributed by atoms with Crippen molar-refractivity contribution in [3.63, 3.8) is 0 Å². The molecule has 2 aromatic carbocycles. The van der Waals surface area contributed by atoms with Gasteiger partial charge in [0.1, 0.15) is 28.7 Å². The van der Waals surface area contributed by atoms with E-state index in [4.69, 9.17) is 4.74 Å². The molecule has 4 heterocycles. The van der Waals surface area contributed by atoms with Gasteiger partial charge in [0.25, 0.3) is 5.91 Å². The maximum absolute atomic E-state index is 15.2. The molecule has 3 N–H and O–H groups in total. The van der Waals surface area contributed by atoms with Crippen LogP contribution in [0.3, 0.4) is 0 Å². The number of ketones is 1. The quantitative estimate of drug-likeness (QED) is 0.122. The van der Waals surface area contributed by atoms with Crippen molar-refractivity contribution in [3.8, 4) is 16.9 Å². The number of quaternary nitrogens is 1. The molecule has 1 amide bonds. The summed E-state index contributed by atoms with van der Waals surface area (Å²) < 4.78 is 97.6. The van der Waals surface area contributed by atoms with Gasteiger partial charge in [0.15, 0.2) is 11.6 Å². The summed E-state index contributed by atoms with van der Waals surface area (Å²) >= 11 is 0. The van der Waals surface area contributed by atoms with Gasteiger partial charge in [-0.25, -0.2) is 18.2 Å². The summed E-state index contributed by atoms with van der Waals surface area (Å²) in [4.78, 5) is 30.6. The van der Waals surface area contributed by atoms with Crippen molar-refractivity contribution in [2.24, 2.45) is 7.05 Å². The van der Waals surface area contributed by atoms with Crippen molar-refractivity contribution < 1.29 is 46.0 Å². The number of fused-ring (bicyclic) bond motifs is 4. The molecule has 0 unspecified atom stereocenters. The number of aromatic nitrogens is 3. The third kappa shape index (κ3) is 5.63. The Bertz CT molecular complexity index is 2220. The van der Waals surface area contributed by atoms with E-state index >= 15 is 8.78 Å². The molecule has 254 valence electrons. The number of aryl methyl sites for hydroxylation is 2. The third-order valence-corrected chi connectivity index (χ3v) is 9.36. The smallest absolute Gasteiger partial charge is 0.417 e. The van der Waals surface area contributed by atoms with Crippen LogP contribution in [0.4, 0.5) is 32.0 Å². The molecule has 0 spiro atoms. The predicted octanol–water partition coefficient (Wildman–Crippen LogP) is 6.17. The number of carbonyl (C=O) groups is 2. The van der Waals surface area contributed by atoms with E-state index in [-0.39, 0.29) is 58.7 Å². The van der Waals surface area contributed by atoms with E-state index in [2.05, 4.69) is 4.98 Å². The molecule has 1 saturated carbocycles. The van der Waals surface area contributed by atoms with Crippen molar-refractivity contribution in [1.29, 1.82) is 0 Å². The van der Waals surface area contributed by atoms with Gasteiger partial charge in [-0.05, 0) is 49.7 Å². The Morgan fingerprint density at radius 3 is 2.53 bits per heavy atom. The Hall–Kier alpha value is -5.11. The highest BCUT2D eigenvalue weighted by Crippen LogP contribution is 2.48. The lowest BCUT2D eigenvalue weighted by atomic mass is 9.94. The third-order valence-electron chi connectivity index (χ3n) is 9.36. The number of halogens is 6. The van der Waals surface area contributed by atoms with Crippen LogP contribution in [0, 0.1) is 18.6 Å². The van der Waals surface area contributed by atoms with Gasteiger partial charge < -0.3 is 24.3 Å². The molecular weight excluding hydrogens is 652 g/mol. The van der Waals surface area contributed by atoms with Gasteiger partial charge in [-0.3, -0.25) is 9.59 Å². The van der Waals surface area contributed by atoms with E-state index in [1.54, 1.807) is 18.5 Å². The maximum atomic E-state index is 15.2. The zero-order valence-corrected chi connectivity index (χ0v) is 26.6. The van der Waals surface area contributed by atoms with Crippen LogP contribution in [-0.2, 0) is 24.4 Å². The number of anilines is 1. The first-order valence-corrected chi connectivity index (χ1v) is 15.6. The molecule has 2 aliphatic rings. The normalized spacial score (nSPS) is 15.5. The van der Waals surface area contributed by atoms with Crippen LogP contribution in [-0.4, -0.2) is 44.3 Å². The first kappa shape index (κ1) is 32.4. The van der Waals surface area contributed by atoms with Crippen LogP contribution in [0.25, 0.3) is 27.7 Å². The summed E-state index contributed by atoms with van der Waals surface area (Å²) in [7, 11) is 1.61. The van der Waals surface area contributed by atoms with E-state index in [9.17, 15) is 27.2 Å². The molecule has 5 aromatic rings. The van der Waals surface area contributed by atoms with E-state index in [0.29, 0.717) is 29.0 Å². The fourth-order valence-electron chi connectivity index (χ4n) is 6.30. The van der Waals surface area contributed by atoms with Gasteiger partial charge in [0.05, 0.1) is 41.0 Å². The Balaban J connectivity index is 1.27. The molecule has 14 heteroatoms. The fraction of sp³-hybridized carbons (Fsp3) is 0.286. The highest BCUT2D eigenvalue weighted by Gasteiger charge is 2.41. The number of carbonyl (C=O) groups excluding carboxylic acids is 2. The molecule has 0 atom stereocenters. The molecular formula is C35H30F6N5O3+. The van der Waals surface area contributed by atoms with E-state index in [1.807, 2.05) is 17.6 Å². The van der Waals surface area contributed by atoms with Gasteiger partial charge in [0.2, 0.25) is 5.78 Å². The number of ether oxygens (including phenoxy) is 1. The van der Waals surface area contributed by atoms with Crippen LogP contribution >= 0.6 is 0 Å². The summed E-state index contributed by atoms with van der Waals surface area (Å²) in [5, 5.41) is 3.76. The molecule has 0 bridgehead atoms. The van der Waals surface area contributed by atoms with Crippen molar-refractivity contribution in [3.05, 3.63) is 94.3 Å². The molecule has 8 nitrogen and oxygen atoms in total. The Kier molecular flexibility index (Phi) is 7.61. The molecule has 7 rings (SSSR count). The minimum atomic E-state index is -4.78. The van der Waals surface area contributed by atoms with Gasteiger partial charge >= 0.3 is 6.18 Å². The molecule has 3 aromatic heterocycles. The first-order valence-electron chi connectivity index (χ1n) is 15.6. The standard InChI is InChI=1S/C35H29F6N5O3/c1-17-43-29-25(45(17)3)16-21(35(39,40)41)27-20-5-4-11-46-26(15-18(30(20)46)7-12-49-32(27)29)31(47)19-13-23(37)28(24(38)14-19)44-33(48)22(36)6-10-42-34(2)8-9-34/h4-6,11,13-16,42H,7-10,12H2,1-3H3,(H,44,48)/p+1/b22-6-. The number of nitrogens with one attached hydrogen (secondary N) is 1. The van der Waals surface area contributed by atoms with Gasteiger partial charge in [-0.2, -0.15) is 13.2 Å². The zero-order valence-electron chi connectivity index (χ0n) is 26.6. The number of benzene rings is 2. The van der Waals surface area contributed by atoms with E-state index in [1.165, 1.54) is 28.8 Å². The summed E-state index contributed by atoms with van der Waals surface area (Å²) in [6.45, 7) is 3.80. The summed E-state index contributed by atoms with van der Waals surface area (Å²) in [5.74, 6) is -5.56. The number of alkyl halides is 3. The van der Waals surface area contributed by atoms with Crippen LogP contribution < -0.4 is 15.4 Å². The first-order chi connectivity index (χ1) is 23.2. The summed E-state index contributed by atoms with van der Waals surface area (Å²) in [6, 6.07) is 6.87. The molecule has 1 aliphatic heterocycles. The van der Waals surface area contributed by atoms with Crippen molar-refractivity contribution in [2.45, 2.75) is 44.8 Å². The maximum Gasteiger partial charge on any atom is 0.417 e. The highest BCUT2D eigenvalue weighted by atomic mass is 19.4. The van der Waals surface area contributed by atoms with Gasteiger partial charge in [0, 0.05) is 55.3 Å². The molecule has 1 fully saturated rings. The lowest BCUT2D eigenvalue weighted by Gasteiger charge is -2.22. The fourth-order valence-corrected chi connectivity index (χ4v) is 6.30. The largest absolute Gasteiger partial charge is 0.490 e. The van der Waals surface area contributed by atoms with Gasteiger partial charge in [-0.1, -0.05) is 6.07 Å². The Morgan fingerprint density at radius 2 is 1.86 bits per heavy atom. The second-order valence-electron chi connectivity index (χ2n) is 12.7. The SMILES string of the molecule is Cc1nc2c3c(c(C(F)(F)F)cc2n1C)-c1cccn2c(C(=O)c4cc(F)c(NC(=O)/C(F)=C/C[NH2+]C5(C)CC5)c(F)c4)cc(c12)CCO3. The van der Waals surface area contributed by atoms with Crippen LogP contribution in [0.15, 0.2) is 54.5 Å². The molecule has 0 saturated heterocycles. The summed E-state index contributed by atoms with van der Waals surface area (Å²) in [5.41, 5.74) is -1.18. The lowest BCUT2D eigenvalue weighted by molar-refractivity contribution is -0.692. The number of imidazole rings is 1. The van der Waals surface area contributed by atoms with Crippen LogP contribution in [0.2, 0.25) is 0 Å². The van der Waals surface area contributed by atoms with E-state index in [0.717, 1.165) is 25.0 Å². The highest BCUT2D eigenvalue weighted by molar-refractivity contribution is 6.10. The monoisotopic (exact) mass is 682 g/mol. The average Bonchev–Trinajstić information content (AvgIpc) is 3.55.